The van der Waals surface area contributed by atoms with Crippen molar-refractivity contribution in [2.45, 2.75) is 19.8 Å². The summed E-state index contributed by atoms with van der Waals surface area (Å²) in [5, 5.41) is 22.8. The molecule has 0 fully saturated rings. The molecule has 0 unspecified atom stereocenters. The van der Waals surface area contributed by atoms with E-state index in [4.69, 9.17) is 5.73 Å². The summed E-state index contributed by atoms with van der Waals surface area (Å²) in [7, 11) is 0. The predicted molar refractivity (Wildman–Crippen MR) is 66.4 cm³/mol. The maximum atomic E-state index is 11.8. The van der Waals surface area contributed by atoms with Crippen molar-refractivity contribution in [3.05, 3.63) is 27.8 Å². The maximum Gasteiger partial charge on any atom is 0.293 e. The summed E-state index contributed by atoms with van der Waals surface area (Å²) in [6, 6.07) is 2.15. The number of anilines is 1. The molecule has 18 heavy (non-hydrogen) atoms. The Morgan fingerprint density at radius 3 is 2.78 bits per heavy atom. The van der Waals surface area contributed by atoms with Crippen LogP contribution in [0.25, 0.3) is 0 Å². The lowest BCUT2D eigenvalue weighted by Crippen LogP contribution is -2.25. The van der Waals surface area contributed by atoms with Gasteiger partial charge in [-0.2, -0.15) is 0 Å². The Morgan fingerprint density at radius 2 is 2.22 bits per heavy atom. The molecule has 0 saturated heterocycles. The van der Waals surface area contributed by atoms with Gasteiger partial charge in [-0.1, -0.05) is 13.3 Å². The van der Waals surface area contributed by atoms with E-state index in [1.807, 2.05) is 6.92 Å². The third kappa shape index (κ3) is 2.88. The van der Waals surface area contributed by atoms with Crippen molar-refractivity contribution < 1.29 is 14.8 Å². The highest BCUT2D eigenvalue weighted by Gasteiger charge is 2.22. The summed E-state index contributed by atoms with van der Waals surface area (Å²) < 4.78 is 0. The minimum atomic E-state index is -0.697. The van der Waals surface area contributed by atoms with E-state index in [0.717, 1.165) is 25.0 Å². The first-order chi connectivity index (χ1) is 8.49. The first-order valence-electron chi connectivity index (χ1n) is 5.53. The second-order valence-electron chi connectivity index (χ2n) is 3.76. The minimum absolute atomic E-state index is 0.250. The van der Waals surface area contributed by atoms with Gasteiger partial charge < -0.3 is 16.2 Å². The van der Waals surface area contributed by atoms with Crippen LogP contribution in [0.15, 0.2) is 12.1 Å². The van der Waals surface area contributed by atoms with Crippen molar-refractivity contribution in [3.8, 4) is 5.75 Å². The second-order valence-corrected chi connectivity index (χ2v) is 3.76. The van der Waals surface area contributed by atoms with Gasteiger partial charge in [0.05, 0.1) is 4.92 Å². The number of nitro benzene ring substituents is 1. The van der Waals surface area contributed by atoms with E-state index in [-0.39, 0.29) is 17.0 Å². The minimum Gasteiger partial charge on any atom is -0.507 e. The number of rotatable bonds is 5. The summed E-state index contributed by atoms with van der Waals surface area (Å²) in [6.45, 7) is 2.39. The highest BCUT2D eigenvalue weighted by Crippen LogP contribution is 2.31. The van der Waals surface area contributed by atoms with Crippen molar-refractivity contribution >= 4 is 17.3 Å². The van der Waals surface area contributed by atoms with Gasteiger partial charge in [0.2, 0.25) is 0 Å². The lowest BCUT2D eigenvalue weighted by molar-refractivity contribution is -0.383. The maximum absolute atomic E-state index is 11.8. The van der Waals surface area contributed by atoms with Crippen molar-refractivity contribution in [2.75, 3.05) is 12.3 Å². The molecule has 1 rings (SSSR count). The van der Waals surface area contributed by atoms with Gasteiger partial charge in [-0.25, -0.2) is 0 Å². The molecule has 0 heterocycles. The highest BCUT2D eigenvalue weighted by atomic mass is 16.6. The lowest BCUT2D eigenvalue weighted by atomic mass is 10.1. The molecule has 0 aliphatic rings. The number of carbonyl (C=O) groups excluding carboxylic acids is 1. The number of phenolic OH excluding ortho intramolecular Hbond substituents is 1. The summed E-state index contributed by atoms with van der Waals surface area (Å²) in [4.78, 5) is 21.7. The van der Waals surface area contributed by atoms with Gasteiger partial charge in [0.1, 0.15) is 17.0 Å². The zero-order valence-electron chi connectivity index (χ0n) is 9.97. The smallest absolute Gasteiger partial charge is 0.293 e. The average Bonchev–Trinajstić information content (AvgIpc) is 2.28. The Bertz CT molecular complexity index is 474. The number of unbranched alkanes of at least 4 members (excludes halogenated alkanes) is 1. The molecule has 7 nitrogen and oxygen atoms in total. The van der Waals surface area contributed by atoms with Gasteiger partial charge in [-0.15, -0.1) is 0 Å². The third-order valence-electron chi connectivity index (χ3n) is 2.44. The number of hydrogen-bond donors (Lipinski definition) is 3. The number of amides is 1. The van der Waals surface area contributed by atoms with Crippen LogP contribution in [0.1, 0.15) is 30.1 Å². The van der Waals surface area contributed by atoms with E-state index in [1.165, 1.54) is 0 Å². The normalized spacial score (nSPS) is 10.1. The molecule has 7 heteroatoms. The van der Waals surface area contributed by atoms with E-state index >= 15 is 0 Å². The molecule has 1 aromatic rings. The van der Waals surface area contributed by atoms with Crippen molar-refractivity contribution in [1.82, 2.24) is 5.32 Å². The summed E-state index contributed by atoms with van der Waals surface area (Å²) in [5.74, 6) is -0.978. The quantitative estimate of drug-likeness (QED) is 0.317. The molecule has 0 spiro atoms. The molecule has 0 aromatic heterocycles. The van der Waals surface area contributed by atoms with Crippen molar-refractivity contribution in [1.29, 1.82) is 0 Å². The molecule has 0 saturated carbocycles. The molecule has 0 atom stereocenters. The van der Waals surface area contributed by atoms with Gasteiger partial charge in [-0.05, 0) is 12.5 Å². The predicted octanol–water partition coefficient (Wildman–Crippen LogP) is 1.41. The second kappa shape index (κ2) is 5.85. The SMILES string of the molecule is CCCCNC(=O)c1c(O)ccc([N+](=O)[O-])c1N. The van der Waals surface area contributed by atoms with E-state index < -0.39 is 16.5 Å². The number of nitrogen functional groups attached to an aromatic ring is 1. The van der Waals surface area contributed by atoms with Crippen LogP contribution in [0.5, 0.6) is 5.75 Å². The molecule has 4 N–H and O–H groups in total. The summed E-state index contributed by atoms with van der Waals surface area (Å²) >= 11 is 0. The number of nitrogens with one attached hydrogen (secondary N) is 1. The van der Waals surface area contributed by atoms with Gasteiger partial charge >= 0.3 is 0 Å². The third-order valence-corrected chi connectivity index (χ3v) is 2.44. The van der Waals surface area contributed by atoms with Crippen LogP contribution in [0.4, 0.5) is 11.4 Å². The average molecular weight is 253 g/mol. The molecular weight excluding hydrogens is 238 g/mol. The fourth-order valence-corrected chi connectivity index (χ4v) is 1.46. The molecule has 1 amide bonds. The molecule has 98 valence electrons. The number of nitro groups is 1. The standard InChI is InChI=1S/C11H15N3O4/c1-2-3-6-13-11(16)9-8(15)5-4-7(10(9)12)14(17)18/h4-5,15H,2-3,6,12H2,1H3,(H,13,16). The molecule has 0 bridgehead atoms. The van der Waals surface area contributed by atoms with Crippen LogP contribution in [-0.4, -0.2) is 22.5 Å². The van der Waals surface area contributed by atoms with E-state index in [9.17, 15) is 20.0 Å². The van der Waals surface area contributed by atoms with Gasteiger partial charge in [0, 0.05) is 12.6 Å². The van der Waals surface area contributed by atoms with Crippen LogP contribution < -0.4 is 11.1 Å². The number of nitrogens with two attached hydrogens (primary N) is 1. The van der Waals surface area contributed by atoms with Crippen LogP contribution in [0, 0.1) is 10.1 Å². The summed E-state index contributed by atoms with van der Waals surface area (Å²) in [6.07, 6.45) is 1.68. The number of aromatic hydroxyl groups is 1. The van der Waals surface area contributed by atoms with E-state index in [0.29, 0.717) is 6.54 Å². The zero-order chi connectivity index (χ0) is 13.7. The fraction of sp³-hybridized carbons (Fsp3) is 0.364. The number of nitrogens with zero attached hydrogens (tertiary/aromatic N) is 1. The highest BCUT2D eigenvalue weighted by molar-refractivity contribution is 6.03. The first-order valence-corrected chi connectivity index (χ1v) is 5.53. The topological polar surface area (TPSA) is 118 Å². The van der Waals surface area contributed by atoms with Crippen molar-refractivity contribution in [2.24, 2.45) is 0 Å². The Morgan fingerprint density at radius 1 is 1.56 bits per heavy atom. The zero-order valence-corrected chi connectivity index (χ0v) is 9.97. The van der Waals surface area contributed by atoms with Gasteiger partial charge in [0.25, 0.3) is 11.6 Å². The largest absolute Gasteiger partial charge is 0.507 e. The van der Waals surface area contributed by atoms with Crippen LogP contribution >= 0.6 is 0 Å². The molecule has 0 aliphatic heterocycles. The van der Waals surface area contributed by atoms with Crippen LogP contribution in [-0.2, 0) is 0 Å². The number of benzene rings is 1. The Hall–Kier alpha value is -2.31. The Labute approximate surface area is 104 Å². The fourth-order valence-electron chi connectivity index (χ4n) is 1.46. The van der Waals surface area contributed by atoms with E-state index in [2.05, 4.69) is 5.32 Å². The molecule has 0 radical (unpaired) electrons. The Balaban J connectivity index is 3.03. The van der Waals surface area contributed by atoms with Gasteiger partial charge in [0.15, 0.2) is 0 Å². The summed E-state index contributed by atoms with van der Waals surface area (Å²) in [5.41, 5.74) is 4.56. The number of carbonyl (C=O) groups is 1. The number of phenols is 1. The monoisotopic (exact) mass is 253 g/mol. The van der Waals surface area contributed by atoms with Crippen LogP contribution in [0.2, 0.25) is 0 Å². The lowest BCUT2D eigenvalue weighted by Gasteiger charge is -2.09. The first kappa shape index (κ1) is 13.8. The number of hydrogen-bond acceptors (Lipinski definition) is 5. The Kier molecular flexibility index (Phi) is 4.47. The van der Waals surface area contributed by atoms with Crippen molar-refractivity contribution in [3.63, 3.8) is 0 Å². The van der Waals surface area contributed by atoms with Gasteiger partial charge in [-0.3, -0.25) is 14.9 Å². The van der Waals surface area contributed by atoms with E-state index in [1.54, 1.807) is 0 Å². The van der Waals surface area contributed by atoms with Crippen LogP contribution in [0.3, 0.4) is 0 Å². The molecular formula is C11H15N3O4. The molecule has 1 aromatic carbocycles. The molecule has 0 aliphatic carbocycles.